The Labute approximate surface area is 172 Å². The molecule has 2 aromatic rings. The molecule has 0 amide bonds. The average molecular weight is 423 g/mol. The van der Waals surface area contributed by atoms with Gasteiger partial charge in [0.05, 0.1) is 13.2 Å². The number of likely N-dealkylation sites (tertiary alicyclic amines) is 1. The van der Waals surface area contributed by atoms with Gasteiger partial charge in [0.1, 0.15) is 11.6 Å². The van der Waals surface area contributed by atoms with Gasteiger partial charge in [-0.05, 0) is 30.2 Å². The molecule has 10 heteroatoms. The third-order valence-corrected chi connectivity index (χ3v) is 5.12. The minimum Gasteiger partial charge on any atom is -0.406 e. The number of hydrogen-bond donors (Lipinski definition) is 1. The molecule has 0 spiro atoms. The number of morpholine rings is 1. The molecule has 2 saturated heterocycles. The lowest BCUT2D eigenvalue weighted by Gasteiger charge is -2.28. The first-order chi connectivity index (χ1) is 14.4. The average Bonchev–Trinajstić information content (AvgIpc) is 3.14. The number of hydrogen-bond acceptors (Lipinski definition) is 7. The normalized spacial score (nSPS) is 20.4. The fourth-order valence-electron chi connectivity index (χ4n) is 3.76. The predicted octanol–water partition coefficient (Wildman–Crippen LogP) is 2.90. The van der Waals surface area contributed by atoms with Crippen LogP contribution < -0.4 is 15.0 Å². The van der Waals surface area contributed by atoms with Crippen LogP contribution in [0, 0.1) is 0 Å². The summed E-state index contributed by atoms with van der Waals surface area (Å²) in [6.07, 6.45) is -2.03. The standard InChI is InChI=1S/C20H24F3N5O2/c21-20(22,23)30-17-3-1-2-15(12-17)13-27-7-5-16(14-27)25-19-24-6-4-18(26-19)28-8-10-29-11-9-28/h1-4,6,12,16H,5,7-11,13-14H2,(H,24,25,26). The molecule has 1 N–H and O–H groups in total. The van der Waals surface area contributed by atoms with Crippen molar-refractivity contribution in [1.82, 2.24) is 14.9 Å². The molecule has 30 heavy (non-hydrogen) atoms. The Morgan fingerprint density at radius 1 is 1.17 bits per heavy atom. The lowest BCUT2D eigenvalue weighted by atomic mass is 10.2. The van der Waals surface area contributed by atoms with Crippen molar-refractivity contribution in [3.63, 3.8) is 0 Å². The van der Waals surface area contributed by atoms with Gasteiger partial charge in [0.25, 0.3) is 0 Å². The highest BCUT2D eigenvalue weighted by Gasteiger charge is 2.31. The van der Waals surface area contributed by atoms with Crippen molar-refractivity contribution >= 4 is 11.8 Å². The van der Waals surface area contributed by atoms with Crippen LogP contribution in [-0.2, 0) is 11.3 Å². The fourth-order valence-corrected chi connectivity index (χ4v) is 3.76. The molecule has 0 saturated carbocycles. The zero-order valence-corrected chi connectivity index (χ0v) is 16.4. The van der Waals surface area contributed by atoms with Crippen LogP contribution in [0.4, 0.5) is 24.9 Å². The number of halogens is 3. The van der Waals surface area contributed by atoms with E-state index < -0.39 is 6.36 Å². The second-order valence-electron chi connectivity index (χ2n) is 7.40. The Hall–Kier alpha value is -2.59. The number of anilines is 2. The summed E-state index contributed by atoms with van der Waals surface area (Å²) in [4.78, 5) is 13.3. The van der Waals surface area contributed by atoms with Crippen LogP contribution in [-0.4, -0.2) is 66.7 Å². The molecule has 2 aliphatic heterocycles. The molecule has 2 aliphatic rings. The Bertz CT molecular complexity index is 845. The van der Waals surface area contributed by atoms with E-state index in [1.54, 1.807) is 18.3 Å². The van der Waals surface area contributed by atoms with Crippen LogP contribution in [0.1, 0.15) is 12.0 Å². The van der Waals surface area contributed by atoms with Crippen LogP contribution in [0.15, 0.2) is 36.5 Å². The Morgan fingerprint density at radius 3 is 2.80 bits per heavy atom. The van der Waals surface area contributed by atoms with E-state index in [9.17, 15) is 13.2 Å². The first-order valence-corrected chi connectivity index (χ1v) is 9.94. The van der Waals surface area contributed by atoms with E-state index in [4.69, 9.17) is 4.74 Å². The molecule has 0 radical (unpaired) electrons. The Kier molecular flexibility index (Phi) is 6.24. The zero-order chi connectivity index (χ0) is 21.0. The van der Waals surface area contributed by atoms with Crippen molar-refractivity contribution in [2.45, 2.75) is 25.4 Å². The van der Waals surface area contributed by atoms with Crippen LogP contribution in [0.5, 0.6) is 5.75 Å². The molecule has 162 valence electrons. The van der Waals surface area contributed by atoms with E-state index in [0.29, 0.717) is 25.7 Å². The molecule has 0 bridgehead atoms. The van der Waals surface area contributed by atoms with Gasteiger partial charge in [-0.1, -0.05) is 12.1 Å². The van der Waals surface area contributed by atoms with Gasteiger partial charge < -0.3 is 19.7 Å². The van der Waals surface area contributed by atoms with E-state index in [2.05, 4.69) is 29.8 Å². The summed E-state index contributed by atoms with van der Waals surface area (Å²) >= 11 is 0. The largest absolute Gasteiger partial charge is 0.573 e. The summed E-state index contributed by atoms with van der Waals surface area (Å²) in [6.45, 7) is 5.16. The maximum Gasteiger partial charge on any atom is 0.573 e. The SMILES string of the molecule is FC(F)(F)Oc1cccc(CN2CCC(Nc3nccc(N4CCOCC4)n3)C2)c1. The minimum atomic E-state index is -4.68. The molecular formula is C20H24F3N5O2. The lowest BCUT2D eigenvalue weighted by Crippen LogP contribution is -2.37. The maximum atomic E-state index is 12.4. The molecule has 0 aliphatic carbocycles. The van der Waals surface area contributed by atoms with Crippen LogP contribution in [0.25, 0.3) is 0 Å². The molecule has 2 fully saturated rings. The topological polar surface area (TPSA) is 62.8 Å². The fraction of sp³-hybridized carbons (Fsp3) is 0.500. The number of rotatable bonds is 6. The smallest absolute Gasteiger partial charge is 0.406 e. The van der Waals surface area contributed by atoms with E-state index in [0.717, 1.165) is 44.0 Å². The maximum absolute atomic E-state index is 12.4. The van der Waals surface area contributed by atoms with Crippen LogP contribution in [0.2, 0.25) is 0 Å². The molecule has 4 rings (SSSR count). The van der Waals surface area contributed by atoms with E-state index in [-0.39, 0.29) is 11.8 Å². The molecule has 1 atom stereocenters. The third-order valence-electron chi connectivity index (χ3n) is 5.12. The van der Waals surface area contributed by atoms with Crippen molar-refractivity contribution in [3.8, 4) is 5.75 Å². The highest BCUT2D eigenvalue weighted by atomic mass is 19.4. The van der Waals surface area contributed by atoms with E-state index >= 15 is 0 Å². The first kappa shape index (κ1) is 20.7. The summed E-state index contributed by atoms with van der Waals surface area (Å²) in [5.74, 6) is 1.28. The number of alkyl halides is 3. The molecule has 1 unspecified atom stereocenters. The highest BCUT2D eigenvalue weighted by molar-refractivity contribution is 5.43. The van der Waals surface area contributed by atoms with Crippen molar-refractivity contribution in [3.05, 3.63) is 42.1 Å². The monoisotopic (exact) mass is 423 g/mol. The third kappa shape index (κ3) is 5.73. The van der Waals surface area contributed by atoms with Gasteiger partial charge in [-0.25, -0.2) is 4.98 Å². The Morgan fingerprint density at radius 2 is 2.00 bits per heavy atom. The van der Waals surface area contributed by atoms with Crippen LogP contribution >= 0.6 is 0 Å². The predicted molar refractivity (Wildman–Crippen MR) is 105 cm³/mol. The molecule has 7 nitrogen and oxygen atoms in total. The summed E-state index contributed by atoms with van der Waals surface area (Å²) < 4.78 is 46.7. The van der Waals surface area contributed by atoms with Crippen LogP contribution in [0.3, 0.4) is 0 Å². The van der Waals surface area contributed by atoms with Gasteiger partial charge in [-0.15, -0.1) is 13.2 Å². The summed E-state index contributed by atoms with van der Waals surface area (Å²) in [7, 11) is 0. The van der Waals surface area contributed by atoms with Gasteiger partial charge in [0, 0.05) is 45.0 Å². The van der Waals surface area contributed by atoms with Crippen molar-refractivity contribution in [2.75, 3.05) is 49.6 Å². The zero-order valence-electron chi connectivity index (χ0n) is 16.4. The number of ether oxygens (including phenoxy) is 2. The molecule has 3 heterocycles. The Balaban J connectivity index is 1.31. The molecular weight excluding hydrogens is 399 g/mol. The van der Waals surface area contributed by atoms with Crippen molar-refractivity contribution < 1.29 is 22.6 Å². The highest BCUT2D eigenvalue weighted by Crippen LogP contribution is 2.25. The number of benzene rings is 1. The van der Waals surface area contributed by atoms with Crippen molar-refractivity contribution in [1.29, 1.82) is 0 Å². The second-order valence-corrected chi connectivity index (χ2v) is 7.40. The summed E-state index contributed by atoms with van der Waals surface area (Å²) in [5.41, 5.74) is 0.781. The van der Waals surface area contributed by atoms with Gasteiger partial charge in [-0.3, -0.25) is 4.90 Å². The summed E-state index contributed by atoms with van der Waals surface area (Å²) in [5, 5.41) is 3.38. The molecule has 1 aromatic carbocycles. The number of nitrogens with zero attached hydrogens (tertiary/aromatic N) is 4. The minimum absolute atomic E-state index is 0.180. The van der Waals surface area contributed by atoms with Gasteiger partial charge in [-0.2, -0.15) is 4.98 Å². The number of aromatic nitrogens is 2. The van der Waals surface area contributed by atoms with Crippen molar-refractivity contribution in [2.24, 2.45) is 0 Å². The van der Waals surface area contributed by atoms with E-state index in [1.807, 2.05) is 6.07 Å². The van der Waals surface area contributed by atoms with Gasteiger partial charge in [0.2, 0.25) is 5.95 Å². The number of nitrogens with one attached hydrogen (secondary N) is 1. The van der Waals surface area contributed by atoms with Gasteiger partial charge in [0.15, 0.2) is 0 Å². The lowest BCUT2D eigenvalue weighted by molar-refractivity contribution is -0.274. The molecule has 1 aromatic heterocycles. The first-order valence-electron chi connectivity index (χ1n) is 9.94. The van der Waals surface area contributed by atoms with E-state index in [1.165, 1.54) is 12.1 Å². The van der Waals surface area contributed by atoms with Gasteiger partial charge >= 0.3 is 6.36 Å². The quantitative estimate of drug-likeness (QED) is 0.767. The summed E-state index contributed by atoms with van der Waals surface area (Å²) in [6, 6.07) is 8.20. The second kappa shape index (κ2) is 9.05.